The van der Waals surface area contributed by atoms with E-state index in [1.165, 1.54) is 12.8 Å². The lowest BCUT2D eigenvalue weighted by Crippen LogP contribution is -2.55. The average Bonchev–Trinajstić information content (AvgIpc) is 2.25. The van der Waals surface area contributed by atoms with E-state index in [2.05, 4.69) is 5.32 Å². The van der Waals surface area contributed by atoms with Crippen molar-refractivity contribution in [3.63, 3.8) is 0 Å². The van der Waals surface area contributed by atoms with Gasteiger partial charge in [-0.25, -0.2) is 4.79 Å². The van der Waals surface area contributed by atoms with Gasteiger partial charge in [0, 0.05) is 13.1 Å². The highest BCUT2D eigenvalue weighted by Gasteiger charge is 2.40. The number of esters is 1. The quantitative estimate of drug-likeness (QED) is 0.731. The number of hydrogen-bond acceptors (Lipinski definition) is 4. The Hall–Kier alpha value is -0.610. The van der Waals surface area contributed by atoms with Crippen LogP contribution < -0.4 is 5.32 Å². The molecule has 0 radical (unpaired) electrons. The third-order valence-corrected chi connectivity index (χ3v) is 3.74. The highest BCUT2D eigenvalue weighted by molar-refractivity contribution is 5.70. The van der Waals surface area contributed by atoms with E-state index in [1.807, 2.05) is 6.92 Å². The molecule has 4 heteroatoms. The lowest BCUT2D eigenvalue weighted by atomic mass is 9.69. The molecule has 1 heterocycles. The Morgan fingerprint density at radius 1 is 1.38 bits per heavy atom. The van der Waals surface area contributed by atoms with Crippen molar-refractivity contribution in [1.82, 2.24) is 5.32 Å². The summed E-state index contributed by atoms with van der Waals surface area (Å²) in [6.07, 6.45) is 4.89. The van der Waals surface area contributed by atoms with Crippen molar-refractivity contribution in [2.45, 2.75) is 38.7 Å². The molecular formula is C12H21NO3. The third-order valence-electron chi connectivity index (χ3n) is 3.74. The predicted molar refractivity (Wildman–Crippen MR) is 60.1 cm³/mol. The molecule has 0 aromatic carbocycles. The number of hydrogen-bond donors (Lipinski definition) is 1. The minimum absolute atomic E-state index is 0.115. The van der Waals surface area contributed by atoms with Crippen LogP contribution in [0, 0.1) is 5.41 Å². The first-order valence-electron chi connectivity index (χ1n) is 6.22. The van der Waals surface area contributed by atoms with E-state index in [-0.39, 0.29) is 18.7 Å². The van der Waals surface area contributed by atoms with E-state index in [9.17, 15) is 4.79 Å². The topological polar surface area (TPSA) is 47.6 Å². The van der Waals surface area contributed by atoms with E-state index >= 15 is 0 Å². The second-order valence-electron chi connectivity index (χ2n) is 4.92. The van der Waals surface area contributed by atoms with Crippen LogP contribution in [0.4, 0.5) is 0 Å². The van der Waals surface area contributed by atoms with Crippen LogP contribution in [0.25, 0.3) is 0 Å². The summed E-state index contributed by atoms with van der Waals surface area (Å²) in [7, 11) is 0. The molecule has 2 aliphatic rings. The van der Waals surface area contributed by atoms with Crippen LogP contribution in [0.2, 0.25) is 0 Å². The molecule has 1 spiro atoms. The van der Waals surface area contributed by atoms with Crippen LogP contribution in [0.1, 0.15) is 32.6 Å². The maximum atomic E-state index is 11.1. The van der Waals surface area contributed by atoms with Gasteiger partial charge in [0.05, 0.1) is 12.7 Å². The first-order chi connectivity index (χ1) is 7.74. The Labute approximate surface area is 96.7 Å². The number of ether oxygens (including phenoxy) is 2. The number of rotatable bonds is 4. The number of carbonyl (C=O) groups excluding carboxylic acids is 1. The Balaban J connectivity index is 1.63. The van der Waals surface area contributed by atoms with E-state index in [1.54, 1.807) is 0 Å². The van der Waals surface area contributed by atoms with Gasteiger partial charge in [0.25, 0.3) is 0 Å². The molecule has 1 N–H and O–H groups in total. The molecule has 1 saturated heterocycles. The van der Waals surface area contributed by atoms with Crippen LogP contribution in [-0.4, -0.2) is 38.4 Å². The van der Waals surface area contributed by atoms with Gasteiger partial charge in [0.1, 0.15) is 6.61 Å². The summed E-state index contributed by atoms with van der Waals surface area (Å²) in [5.41, 5.74) is 0.559. The van der Waals surface area contributed by atoms with Gasteiger partial charge in [0.15, 0.2) is 0 Å². The van der Waals surface area contributed by atoms with Crippen molar-refractivity contribution in [1.29, 1.82) is 0 Å². The van der Waals surface area contributed by atoms with E-state index in [0.29, 0.717) is 12.0 Å². The molecule has 1 aliphatic heterocycles. The van der Waals surface area contributed by atoms with E-state index in [0.717, 1.165) is 25.9 Å². The van der Waals surface area contributed by atoms with Crippen LogP contribution in [0.5, 0.6) is 0 Å². The summed E-state index contributed by atoms with van der Waals surface area (Å²) in [5.74, 6) is -0.243. The van der Waals surface area contributed by atoms with Crippen LogP contribution >= 0.6 is 0 Å². The second-order valence-corrected chi connectivity index (χ2v) is 4.92. The normalized spacial score (nSPS) is 24.1. The molecule has 16 heavy (non-hydrogen) atoms. The van der Waals surface area contributed by atoms with Gasteiger partial charge in [-0.3, -0.25) is 0 Å². The van der Waals surface area contributed by atoms with Gasteiger partial charge < -0.3 is 14.8 Å². The fourth-order valence-electron chi connectivity index (χ4n) is 2.59. The molecule has 4 nitrogen and oxygen atoms in total. The van der Waals surface area contributed by atoms with Gasteiger partial charge in [0.2, 0.25) is 0 Å². The Morgan fingerprint density at radius 2 is 2.06 bits per heavy atom. The van der Waals surface area contributed by atoms with Crippen molar-refractivity contribution in [2.24, 2.45) is 5.41 Å². The van der Waals surface area contributed by atoms with E-state index < -0.39 is 0 Å². The summed E-state index contributed by atoms with van der Waals surface area (Å²) in [6.45, 7) is 4.69. The van der Waals surface area contributed by atoms with Gasteiger partial charge in [-0.15, -0.1) is 0 Å². The molecule has 0 aromatic rings. The minimum Gasteiger partial charge on any atom is -0.464 e. The highest BCUT2D eigenvalue weighted by atomic mass is 16.6. The van der Waals surface area contributed by atoms with Gasteiger partial charge in [-0.1, -0.05) is 0 Å². The summed E-state index contributed by atoms with van der Waals surface area (Å²) >= 11 is 0. The monoisotopic (exact) mass is 227 g/mol. The van der Waals surface area contributed by atoms with Crippen molar-refractivity contribution in [3.8, 4) is 0 Å². The minimum atomic E-state index is -0.243. The largest absolute Gasteiger partial charge is 0.464 e. The van der Waals surface area contributed by atoms with Crippen molar-refractivity contribution < 1.29 is 14.3 Å². The lowest BCUT2D eigenvalue weighted by Gasteiger charge is -2.47. The Kier molecular flexibility index (Phi) is 3.82. The predicted octanol–water partition coefficient (Wildman–Crippen LogP) is 1.10. The summed E-state index contributed by atoms with van der Waals surface area (Å²) < 4.78 is 10.4. The van der Waals surface area contributed by atoms with Crippen molar-refractivity contribution in [2.75, 3.05) is 26.3 Å². The number of nitrogens with one attached hydrogen (secondary N) is 1. The Bertz CT molecular complexity index is 241. The van der Waals surface area contributed by atoms with E-state index in [4.69, 9.17) is 9.47 Å². The molecule has 1 aliphatic carbocycles. The number of carbonyl (C=O) groups is 1. The first kappa shape index (κ1) is 11.9. The smallest absolute Gasteiger partial charge is 0.332 e. The third kappa shape index (κ3) is 2.74. The van der Waals surface area contributed by atoms with Gasteiger partial charge in [-0.2, -0.15) is 0 Å². The van der Waals surface area contributed by atoms with Crippen LogP contribution in [0.15, 0.2) is 0 Å². The maximum absolute atomic E-state index is 11.1. The van der Waals surface area contributed by atoms with Crippen LogP contribution in [0.3, 0.4) is 0 Å². The summed E-state index contributed by atoms with van der Waals surface area (Å²) in [6, 6.07) is 0. The molecule has 92 valence electrons. The zero-order valence-corrected chi connectivity index (χ0v) is 9.96. The summed E-state index contributed by atoms with van der Waals surface area (Å²) in [5, 5.41) is 3.34. The zero-order valence-electron chi connectivity index (χ0n) is 9.96. The molecule has 2 rings (SSSR count). The first-order valence-corrected chi connectivity index (χ1v) is 6.22. The SMILES string of the molecule is CCOC(=O)COC1CCC2(CC1)CNC2. The lowest BCUT2D eigenvalue weighted by molar-refractivity contribution is -0.151. The fraction of sp³-hybridized carbons (Fsp3) is 0.917. The van der Waals surface area contributed by atoms with Gasteiger partial charge in [-0.05, 0) is 38.0 Å². The highest BCUT2D eigenvalue weighted by Crippen LogP contribution is 2.40. The molecule has 1 saturated carbocycles. The second kappa shape index (κ2) is 5.15. The molecule has 0 atom stereocenters. The zero-order chi connectivity index (χ0) is 11.4. The molecular weight excluding hydrogens is 206 g/mol. The van der Waals surface area contributed by atoms with Gasteiger partial charge >= 0.3 is 5.97 Å². The Morgan fingerprint density at radius 3 is 2.56 bits per heavy atom. The summed E-state index contributed by atoms with van der Waals surface area (Å²) in [4.78, 5) is 11.1. The van der Waals surface area contributed by atoms with Crippen molar-refractivity contribution >= 4 is 5.97 Å². The molecule has 0 bridgehead atoms. The molecule has 0 unspecified atom stereocenters. The molecule has 2 fully saturated rings. The standard InChI is InChI=1S/C12H21NO3/c1-2-15-11(14)7-16-10-3-5-12(6-4-10)8-13-9-12/h10,13H,2-9H2,1H3. The van der Waals surface area contributed by atoms with Crippen molar-refractivity contribution in [3.05, 3.63) is 0 Å². The molecule has 0 amide bonds. The average molecular weight is 227 g/mol. The molecule has 0 aromatic heterocycles. The van der Waals surface area contributed by atoms with Crippen LogP contribution in [-0.2, 0) is 14.3 Å². The fourth-order valence-corrected chi connectivity index (χ4v) is 2.59. The maximum Gasteiger partial charge on any atom is 0.332 e.